The van der Waals surface area contributed by atoms with Crippen molar-refractivity contribution in [2.75, 3.05) is 24.3 Å². The summed E-state index contributed by atoms with van der Waals surface area (Å²) < 4.78 is 17.8. The zero-order valence-electron chi connectivity index (χ0n) is 10.2. The van der Waals surface area contributed by atoms with E-state index in [4.69, 9.17) is 17.3 Å². The second kappa shape index (κ2) is 5.05. The minimum Gasteiger partial charge on any atom is -0.469 e. The van der Waals surface area contributed by atoms with E-state index >= 15 is 0 Å². The van der Waals surface area contributed by atoms with Gasteiger partial charge in [-0.25, -0.2) is 4.39 Å². The molecule has 1 amide bonds. The van der Waals surface area contributed by atoms with Gasteiger partial charge in [0.15, 0.2) is 0 Å². The summed E-state index contributed by atoms with van der Waals surface area (Å²) in [6.07, 6.45) is 0.0428. The van der Waals surface area contributed by atoms with Crippen molar-refractivity contribution in [1.29, 1.82) is 0 Å². The Bertz CT molecular complexity index is 550. The Morgan fingerprint density at radius 3 is 2.89 bits per heavy atom. The number of hydrogen-bond acceptors (Lipinski definition) is 4. The Kier molecular flexibility index (Phi) is 3.61. The van der Waals surface area contributed by atoms with Gasteiger partial charge < -0.3 is 15.4 Å². The van der Waals surface area contributed by atoms with E-state index < -0.39 is 17.7 Å². The second-order valence-electron chi connectivity index (χ2n) is 4.25. The fourth-order valence-electron chi connectivity index (χ4n) is 2.05. The number of halogens is 2. The van der Waals surface area contributed by atoms with Crippen LogP contribution in [-0.4, -0.2) is 25.5 Å². The monoisotopic (exact) mass is 286 g/mol. The molecule has 2 rings (SSSR count). The summed E-state index contributed by atoms with van der Waals surface area (Å²) in [5.41, 5.74) is 6.08. The zero-order valence-corrected chi connectivity index (χ0v) is 10.9. The average Bonchev–Trinajstić information content (AvgIpc) is 2.75. The molecule has 1 aliphatic rings. The number of methoxy groups -OCH3 is 1. The van der Waals surface area contributed by atoms with Gasteiger partial charge in [-0.2, -0.15) is 0 Å². The first-order valence-electron chi connectivity index (χ1n) is 5.56. The van der Waals surface area contributed by atoms with Gasteiger partial charge in [0.1, 0.15) is 5.82 Å². The fraction of sp³-hybridized carbons (Fsp3) is 0.333. The maximum absolute atomic E-state index is 13.2. The van der Waals surface area contributed by atoms with Crippen LogP contribution in [0.3, 0.4) is 0 Å². The molecule has 19 heavy (non-hydrogen) atoms. The third-order valence-corrected chi connectivity index (χ3v) is 3.31. The van der Waals surface area contributed by atoms with Crippen LogP contribution in [-0.2, 0) is 14.3 Å². The van der Waals surface area contributed by atoms with Gasteiger partial charge >= 0.3 is 5.97 Å². The zero-order chi connectivity index (χ0) is 14.2. The molecular formula is C12H12ClFN2O3. The van der Waals surface area contributed by atoms with Crippen molar-refractivity contribution in [3.8, 4) is 0 Å². The molecule has 0 radical (unpaired) electrons. The number of nitrogen functional groups attached to an aromatic ring is 1. The summed E-state index contributed by atoms with van der Waals surface area (Å²) in [7, 11) is 1.26. The van der Waals surface area contributed by atoms with E-state index in [1.807, 2.05) is 0 Å². The first-order chi connectivity index (χ1) is 8.93. The lowest BCUT2D eigenvalue weighted by molar-refractivity contribution is -0.145. The molecule has 0 aliphatic carbocycles. The second-order valence-corrected chi connectivity index (χ2v) is 4.66. The van der Waals surface area contributed by atoms with E-state index in [-0.39, 0.29) is 29.6 Å². The van der Waals surface area contributed by atoms with Crippen LogP contribution in [0, 0.1) is 11.7 Å². The van der Waals surface area contributed by atoms with Crippen LogP contribution < -0.4 is 10.6 Å². The molecular weight excluding hydrogens is 275 g/mol. The Hall–Kier alpha value is -1.82. The topological polar surface area (TPSA) is 72.6 Å². The predicted octanol–water partition coefficient (Wildman–Crippen LogP) is 1.59. The average molecular weight is 287 g/mol. The van der Waals surface area contributed by atoms with E-state index in [2.05, 4.69) is 4.74 Å². The molecule has 1 atom stereocenters. The number of carbonyl (C=O) groups excluding carboxylic acids is 2. The van der Waals surface area contributed by atoms with Crippen LogP contribution in [0.1, 0.15) is 6.42 Å². The van der Waals surface area contributed by atoms with Crippen molar-refractivity contribution in [2.45, 2.75) is 6.42 Å². The number of ether oxygens (including phenoxy) is 1. The van der Waals surface area contributed by atoms with Crippen molar-refractivity contribution < 1.29 is 18.7 Å². The molecule has 102 valence electrons. The maximum Gasteiger partial charge on any atom is 0.311 e. The van der Waals surface area contributed by atoms with Crippen LogP contribution in [0.5, 0.6) is 0 Å². The molecule has 0 aromatic heterocycles. The van der Waals surface area contributed by atoms with Crippen molar-refractivity contribution in [2.24, 2.45) is 5.92 Å². The lowest BCUT2D eigenvalue weighted by Gasteiger charge is -2.19. The standard InChI is InChI=1S/C12H12ClFN2O3/c1-19-12(18)6-2-11(17)16(5-6)10-3-7(13)8(14)4-9(10)15/h3-4,6H,2,5,15H2,1H3. The number of hydrogen-bond donors (Lipinski definition) is 1. The number of benzene rings is 1. The van der Waals surface area contributed by atoms with E-state index in [1.54, 1.807) is 0 Å². The van der Waals surface area contributed by atoms with Crippen molar-refractivity contribution in [1.82, 2.24) is 0 Å². The van der Waals surface area contributed by atoms with Crippen molar-refractivity contribution in [3.63, 3.8) is 0 Å². The summed E-state index contributed by atoms with van der Waals surface area (Å²) >= 11 is 5.68. The van der Waals surface area contributed by atoms with Crippen LogP contribution in [0.25, 0.3) is 0 Å². The first kappa shape index (κ1) is 13.6. The summed E-state index contributed by atoms with van der Waals surface area (Å²) in [4.78, 5) is 24.6. The third kappa shape index (κ3) is 2.49. The van der Waals surface area contributed by atoms with E-state index in [1.165, 1.54) is 18.1 Å². The minimum absolute atomic E-state index is 0.0428. The molecule has 1 aliphatic heterocycles. The molecule has 1 aromatic carbocycles. The lowest BCUT2D eigenvalue weighted by Crippen LogP contribution is -2.27. The van der Waals surface area contributed by atoms with E-state index in [0.29, 0.717) is 5.69 Å². The van der Waals surface area contributed by atoms with Crippen molar-refractivity contribution in [3.05, 3.63) is 23.0 Å². The SMILES string of the molecule is COC(=O)C1CC(=O)N(c2cc(Cl)c(F)cc2N)C1. The van der Waals surface area contributed by atoms with Gasteiger partial charge in [-0.1, -0.05) is 11.6 Å². The fourth-order valence-corrected chi connectivity index (χ4v) is 2.21. The smallest absolute Gasteiger partial charge is 0.311 e. The van der Waals surface area contributed by atoms with Crippen molar-refractivity contribution >= 4 is 34.9 Å². The highest BCUT2D eigenvalue weighted by Crippen LogP contribution is 2.33. The van der Waals surface area contributed by atoms with E-state index in [9.17, 15) is 14.0 Å². The van der Waals surface area contributed by atoms with E-state index in [0.717, 1.165) is 6.07 Å². The third-order valence-electron chi connectivity index (χ3n) is 3.02. The van der Waals surface area contributed by atoms with Gasteiger partial charge in [0.2, 0.25) is 5.91 Å². The Balaban J connectivity index is 2.30. The molecule has 1 unspecified atom stereocenters. The normalized spacial score (nSPS) is 18.8. The maximum atomic E-state index is 13.2. The minimum atomic E-state index is -0.654. The predicted molar refractivity (Wildman–Crippen MR) is 68.3 cm³/mol. The molecule has 0 bridgehead atoms. The van der Waals surface area contributed by atoms with Gasteiger partial charge in [-0.05, 0) is 6.07 Å². The molecule has 1 fully saturated rings. The molecule has 1 heterocycles. The van der Waals surface area contributed by atoms with Gasteiger partial charge in [-0.3, -0.25) is 9.59 Å². The van der Waals surface area contributed by atoms with Crippen LogP contribution in [0.2, 0.25) is 5.02 Å². The number of nitrogens with zero attached hydrogens (tertiary/aromatic N) is 1. The van der Waals surface area contributed by atoms with Crippen LogP contribution in [0.4, 0.5) is 15.8 Å². The molecule has 7 heteroatoms. The Morgan fingerprint density at radius 1 is 1.58 bits per heavy atom. The van der Waals surface area contributed by atoms with Gasteiger partial charge in [0.25, 0.3) is 0 Å². The number of esters is 1. The summed E-state index contributed by atoms with van der Waals surface area (Å²) in [5.74, 6) is -1.92. The Morgan fingerprint density at radius 2 is 2.26 bits per heavy atom. The number of carbonyl (C=O) groups is 2. The van der Waals surface area contributed by atoms with Crippen LogP contribution >= 0.6 is 11.6 Å². The lowest BCUT2D eigenvalue weighted by atomic mass is 10.1. The summed E-state index contributed by atoms with van der Waals surface area (Å²) in [6, 6.07) is 2.33. The van der Waals surface area contributed by atoms with Gasteiger partial charge in [0, 0.05) is 19.0 Å². The highest BCUT2D eigenvalue weighted by Gasteiger charge is 2.36. The highest BCUT2D eigenvalue weighted by atomic mass is 35.5. The molecule has 5 nitrogen and oxygen atoms in total. The molecule has 0 saturated carbocycles. The molecule has 2 N–H and O–H groups in total. The molecule has 0 spiro atoms. The number of nitrogens with two attached hydrogens (primary N) is 1. The highest BCUT2D eigenvalue weighted by molar-refractivity contribution is 6.31. The number of rotatable bonds is 2. The summed E-state index contributed by atoms with van der Waals surface area (Å²) in [5, 5.41) is -0.126. The number of anilines is 2. The van der Waals surface area contributed by atoms with Gasteiger partial charge in [-0.15, -0.1) is 0 Å². The van der Waals surface area contributed by atoms with Crippen LogP contribution in [0.15, 0.2) is 12.1 Å². The van der Waals surface area contributed by atoms with Gasteiger partial charge in [0.05, 0.1) is 29.4 Å². The first-order valence-corrected chi connectivity index (χ1v) is 5.94. The number of amides is 1. The molecule has 1 saturated heterocycles. The molecule has 1 aromatic rings. The summed E-state index contributed by atoms with van der Waals surface area (Å²) in [6.45, 7) is 0.150. The Labute approximate surface area is 114 Å². The largest absolute Gasteiger partial charge is 0.469 e. The quantitative estimate of drug-likeness (QED) is 0.662.